The van der Waals surface area contributed by atoms with Crippen LogP contribution < -0.4 is 4.90 Å². The maximum Gasteiger partial charge on any atom is 0.244 e. The highest BCUT2D eigenvalue weighted by molar-refractivity contribution is 9.09. The van der Waals surface area contributed by atoms with Crippen LogP contribution in [0.2, 0.25) is 0 Å². The largest absolute Gasteiger partial charge is 0.273 e. The minimum Gasteiger partial charge on any atom is -0.273 e. The number of para-hydroxylation sites is 1. The van der Waals surface area contributed by atoms with Crippen molar-refractivity contribution in [2.75, 3.05) is 10.2 Å². The molecule has 0 aliphatic heterocycles. The zero-order valence-electron chi connectivity index (χ0n) is 9.26. The Morgan fingerprint density at radius 1 is 1.41 bits per heavy atom. The van der Waals surface area contributed by atoms with Crippen molar-refractivity contribution in [2.45, 2.75) is 6.92 Å². The molecule has 2 rings (SSSR count). The lowest BCUT2D eigenvalue weighted by Gasteiger charge is -2.18. The van der Waals surface area contributed by atoms with Gasteiger partial charge >= 0.3 is 0 Å². The molecule has 1 amide bonds. The molecule has 0 fully saturated rings. The van der Waals surface area contributed by atoms with E-state index in [1.807, 2.05) is 42.6 Å². The third-order valence-corrected chi connectivity index (χ3v) is 3.60. The molecule has 0 atom stereocenters. The predicted octanol–water partition coefficient (Wildman–Crippen LogP) is 3.51. The summed E-state index contributed by atoms with van der Waals surface area (Å²) in [5.41, 5.74) is 1.76. The van der Waals surface area contributed by atoms with Crippen LogP contribution in [0.15, 0.2) is 35.7 Å². The first kappa shape index (κ1) is 12.3. The van der Waals surface area contributed by atoms with Crippen molar-refractivity contribution in [1.82, 2.24) is 4.98 Å². The van der Waals surface area contributed by atoms with Crippen LogP contribution in [0.25, 0.3) is 0 Å². The van der Waals surface area contributed by atoms with E-state index < -0.39 is 0 Å². The van der Waals surface area contributed by atoms with Crippen LogP contribution in [-0.2, 0) is 4.79 Å². The third kappa shape index (κ3) is 2.73. The van der Waals surface area contributed by atoms with Gasteiger partial charge in [-0.15, -0.1) is 11.3 Å². The number of aromatic nitrogens is 1. The van der Waals surface area contributed by atoms with Gasteiger partial charge < -0.3 is 0 Å². The Kier molecular flexibility index (Phi) is 3.91. The number of nitrogens with zero attached hydrogens (tertiary/aromatic N) is 2. The molecule has 1 heterocycles. The topological polar surface area (TPSA) is 33.2 Å². The number of amides is 1. The second kappa shape index (κ2) is 5.42. The summed E-state index contributed by atoms with van der Waals surface area (Å²) in [6, 6.07) is 9.54. The molecule has 0 saturated heterocycles. The van der Waals surface area contributed by atoms with Crippen molar-refractivity contribution in [3.63, 3.8) is 0 Å². The van der Waals surface area contributed by atoms with Crippen LogP contribution in [0.1, 0.15) is 5.69 Å². The fraction of sp³-hybridized carbons (Fsp3) is 0.167. The molecule has 0 N–H and O–H groups in total. The molecule has 17 heavy (non-hydrogen) atoms. The van der Waals surface area contributed by atoms with Gasteiger partial charge in [-0.2, -0.15) is 0 Å². The van der Waals surface area contributed by atoms with Gasteiger partial charge in [0.25, 0.3) is 0 Å². The van der Waals surface area contributed by atoms with Crippen molar-refractivity contribution in [2.24, 2.45) is 0 Å². The summed E-state index contributed by atoms with van der Waals surface area (Å²) in [6.45, 7) is 1.92. The van der Waals surface area contributed by atoms with Gasteiger partial charge in [-0.05, 0) is 19.1 Å². The summed E-state index contributed by atoms with van der Waals surface area (Å²) in [5.74, 6) is -0.0226. The van der Waals surface area contributed by atoms with Gasteiger partial charge in [-0.25, -0.2) is 4.98 Å². The molecule has 0 unspecified atom stereocenters. The summed E-state index contributed by atoms with van der Waals surface area (Å²) < 4.78 is 0. The van der Waals surface area contributed by atoms with Crippen molar-refractivity contribution >= 4 is 44.0 Å². The van der Waals surface area contributed by atoms with E-state index in [0.717, 1.165) is 11.4 Å². The minimum absolute atomic E-state index is 0.0226. The second-order valence-corrected chi connectivity index (χ2v) is 4.87. The van der Waals surface area contributed by atoms with Crippen LogP contribution in [0, 0.1) is 6.92 Å². The molecular formula is C12H11BrN2OS. The molecule has 88 valence electrons. The Hall–Kier alpha value is -1.20. The number of benzene rings is 1. The molecule has 0 saturated carbocycles. The highest BCUT2D eigenvalue weighted by atomic mass is 79.9. The van der Waals surface area contributed by atoms with Crippen LogP contribution in [0.4, 0.5) is 10.8 Å². The number of alkyl halides is 1. The molecule has 0 spiro atoms. The van der Waals surface area contributed by atoms with E-state index >= 15 is 0 Å². The van der Waals surface area contributed by atoms with Crippen LogP contribution in [0.5, 0.6) is 0 Å². The van der Waals surface area contributed by atoms with Gasteiger partial charge in [-0.3, -0.25) is 9.69 Å². The fourth-order valence-corrected chi connectivity index (χ4v) is 2.53. The Morgan fingerprint density at radius 2 is 2.12 bits per heavy atom. The standard InChI is InChI=1S/C12H11BrN2OS/c1-9-8-17-12(14-9)15(11(16)7-13)10-5-3-2-4-6-10/h2-6,8H,7H2,1H3. The molecule has 0 aliphatic rings. The monoisotopic (exact) mass is 310 g/mol. The van der Waals surface area contributed by atoms with Gasteiger partial charge in [0, 0.05) is 5.38 Å². The molecule has 0 aliphatic carbocycles. The van der Waals surface area contributed by atoms with Crippen molar-refractivity contribution in [3.8, 4) is 0 Å². The van der Waals surface area contributed by atoms with Gasteiger partial charge in [0.1, 0.15) is 0 Å². The highest BCUT2D eigenvalue weighted by Gasteiger charge is 2.19. The lowest BCUT2D eigenvalue weighted by atomic mass is 10.3. The van der Waals surface area contributed by atoms with Gasteiger partial charge in [0.15, 0.2) is 5.13 Å². The number of carbonyl (C=O) groups is 1. The predicted molar refractivity (Wildman–Crippen MR) is 74.2 cm³/mol. The van der Waals surface area contributed by atoms with E-state index in [1.54, 1.807) is 4.90 Å². The first-order chi connectivity index (χ1) is 8.22. The van der Waals surface area contributed by atoms with E-state index in [1.165, 1.54) is 11.3 Å². The summed E-state index contributed by atoms with van der Waals surface area (Å²) in [6.07, 6.45) is 0. The van der Waals surface area contributed by atoms with Gasteiger partial charge in [0.05, 0.1) is 16.7 Å². The van der Waals surface area contributed by atoms with E-state index in [9.17, 15) is 4.79 Å². The molecule has 2 aromatic rings. The lowest BCUT2D eigenvalue weighted by molar-refractivity contribution is -0.115. The molecule has 5 heteroatoms. The smallest absolute Gasteiger partial charge is 0.244 e. The first-order valence-corrected chi connectivity index (χ1v) is 7.08. The fourth-order valence-electron chi connectivity index (χ4n) is 1.44. The summed E-state index contributed by atoms with van der Waals surface area (Å²) in [4.78, 5) is 18.0. The second-order valence-electron chi connectivity index (χ2n) is 3.47. The van der Waals surface area contributed by atoms with Crippen LogP contribution in [0.3, 0.4) is 0 Å². The Bertz CT molecular complexity index is 512. The summed E-state index contributed by atoms with van der Waals surface area (Å²) in [7, 11) is 0. The molecule has 1 aromatic carbocycles. The minimum atomic E-state index is -0.0226. The molecule has 3 nitrogen and oxygen atoms in total. The zero-order chi connectivity index (χ0) is 12.3. The summed E-state index contributed by atoms with van der Waals surface area (Å²) >= 11 is 4.67. The maximum atomic E-state index is 12.0. The quantitative estimate of drug-likeness (QED) is 0.813. The Morgan fingerprint density at radius 3 is 2.65 bits per heavy atom. The number of hydrogen-bond donors (Lipinski definition) is 0. The molecular weight excluding hydrogens is 300 g/mol. The maximum absolute atomic E-state index is 12.0. The summed E-state index contributed by atoms with van der Waals surface area (Å²) in [5, 5.41) is 2.92. The number of hydrogen-bond acceptors (Lipinski definition) is 3. The Balaban J connectivity index is 2.42. The highest BCUT2D eigenvalue weighted by Crippen LogP contribution is 2.28. The van der Waals surface area contributed by atoms with Crippen molar-refractivity contribution in [3.05, 3.63) is 41.4 Å². The number of carbonyl (C=O) groups excluding carboxylic acids is 1. The van der Waals surface area contributed by atoms with E-state index in [2.05, 4.69) is 20.9 Å². The first-order valence-electron chi connectivity index (χ1n) is 5.08. The van der Waals surface area contributed by atoms with E-state index in [4.69, 9.17) is 0 Å². The van der Waals surface area contributed by atoms with Crippen LogP contribution >= 0.6 is 27.3 Å². The molecule has 0 bridgehead atoms. The van der Waals surface area contributed by atoms with Crippen molar-refractivity contribution in [1.29, 1.82) is 0 Å². The number of thiazole rings is 1. The third-order valence-electron chi connectivity index (χ3n) is 2.18. The number of aryl methyl sites for hydroxylation is 1. The zero-order valence-corrected chi connectivity index (χ0v) is 11.7. The lowest BCUT2D eigenvalue weighted by Crippen LogP contribution is -2.26. The van der Waals surface area contributed by atoms with E-state index in [0.29, 0.717) is 5.13 Å². The molecule has 1 aromatic heterocycles. The number of rotatable bonds is 3. The average Bonchev–Trinajstić information content (AvgIpc) is 2.77. The van der Waals surface area contributed by atoms with Crippen molar-refractivity contribution < 1.29 is 4.79 Å². The van der Waals surface area contributed by atoms with Crippen LogP contribution in [-0.4, -0.2) is 16.2 Å². The van der Waals surface area contributed by atoms with Gasteiger partial charge in [-0.1, -0.05) is 34.1 Å². The average molecular weight is 311 g/mol. The Labute approximate surface area is 112 Å². The van der Waals surface area contributed by atoms with Gasteiger partial charge in [0.2, 0.25) is 5.91 Å². The molecule has 0 radical (unpaired) electrons. The normalized spacial score (nSPS) is 10.2. The number of anilines is 2. The SMILES string of the molecule is Cc1csc(N(C(=O)CBr)c2ccccc2)n1. The van der Waals surface area contributed by atoms with E-state index in [-0.39, 0.29) is 11.2 Å². The number of halogens is 1.